The van der Waals surface area contributed by atoms with Crippen LogP contribution in [0.25, 0.3) is 0 Å². The number of carbonyl (C=O) groups excluding carboxylic acids is 1. The Balaban J connectivity index is -0.000000197. The van der Waals surface area contributed by atoms with Crippen LogP contribution in [0.5, 0.6) is 0 Å². The highest BCUT2D eigenvalue weighted by atomic mass is 35.5. The van der Waals surface area contributed by atoms with Gasteiger partial charge in [-0.2, -0.15) is 0 Å². The normalized spacial score (nSPS) is 8.72. The lowest BCUT2D eigenvalue weighted by atomic mass is 10.3. The maximum Gasteiger partial charge on any atom is 0.673 e. The zero-order valence-corrected chi connectivity index (χ0v) is 11.1. The highest BCUT2D eigenvalue weighted by molar-refractivity contribution is 6.50. The van der Waals surface area contributed by atoms with Gasteiger partial charge in [0.1, 0.15) is 0 Å². The molecule has 0 rings (SSSR count). The molecule has 0 radical (unpaired) electrons. The number of halogens is 5. The molecule has 2 amide bonds. The van der Waals surface area contributed by atoms with Gasteiger partial charge in [0.05, 0.1) is 28.3 Å². The lowest BCUT2D eigenvalue weighted by molar-refractivity contribution is -0.476. The Kier molecular flexibility index (Phi) is 14.7. The number of primary amides is 1. The van der Waals surface area contributed by atoms with Gasteiger partial charge in [-0.3, -0.25) is 4.84 Å². The summed E-state index contributed by atoms with van der Waals surface area (Å²) >= 11 is 4.61. The number of nitrogens with one attached hydrogen (secondary N) is 2. The minimum absolute atomic E-state index is 0.730. The van der Waals surface area contributed by atoms with E-state index in [1.807, 2.05) is 25.7 Å². The molecule has 0 fully saturated rings. The Morgan fingerprint density at radius 1 is 1.33 bits per heavy atom. The summed E-state index contributed by atoms with van der Waals surface area (Å²) in [6.45, 7) is 0. The molecule has 0 aliphatic carbocycles. The standard InChI is InChI=1S/C5H12N2O.CH3ClN2O.BF4/c1-6-5(8-4)7(2)3;2-4-1(3)5;2-1(3,4)5/h1-4H3;(H3,3,4,5);/q;;-1/p+1. The molecule has 4 N–H and O–H groups in total. The summed E-state index contributed by atoms with van der Waals surface area (Å²) in [5, 5.41) is 2.87. The zero-order chi connectivity index (χ0) is 15.4. The van der Waals surface area contributed by atoms with Gasteiger partial charge in [0.25, 0.3) is 0 Å². The van der Waals surface area contributed by atoms with Gasteiger partial charge in [-0.1, -0.05) is 0 Å². The largest absolute Gasteiger partial charge is 0.673 e. The van der Waals surface area contributed by atoms with Crippen molar-refractivity contribution in [2.24, 2.45) is 5.73 Å². The maximum atomic E-state index is 9.75. The van der Waals surface area contributed by atoms with Crippen molar-refractivity contribution in [1.82, 2.24) is 10.2 Å². The number of nitrogens with zero attached hydrogens (tertiary/aromatic N) is 1. The Labute approximate surface area is 107 Å². The second kappa shape index (κ2) is 12.1. The summed E-state index contributed by atoms with van der Waals surface area (Å²) in [4.78, 5) is 11.0. The minimum atomic E-state index is -6.00. The van der Waals surface area contributed by atoms with E-state index in [-0.39, 0.29) is 0 Å². The molecule has 0 aromatic heterocycles. The molecule has 0 atom stereocenters. The van der Waals surface area contributed by atoms with Crippen LogP contribution in [0, 0.1) is 0 Å². The number of hydrogen-bond donors (Lipinski definition) is 3. The van der Waals surface area contributed by atoms with Crippen molar-refractivity contribution in [3.05, 3.63) is 0 Å². The summed E-state index contributed by atoms with van der Waals surface area (Å²) in [7, 11) is 1.27. The molecule has 12 heteroatoms. The first kappa shape index (κ1) is 21.9. The summed E-state index contributed by atoms with van der Waals surface area (Å²) in [5.41, 5.74) is 4.41. The van der Waals surface area contributed by atoms with Crippen molar-refractivity contribution in [1.29, 1.82) is 0 Å². The van der Waals surface area contributed by atoms with E-state index in [2.05, 4.69) is 22.8 Å². The molecule has 0 aliphatic heterocycles. The Morgan fingerprint density at radius 2 is 1.61 bits per heavy atom. The smallest absolute Gasteiger partial charge is 0.435 e. The molecule has 6 nitrogen and oxygen atoms in total. The minimum Gasteiger partial charge on any atom is -0.435 e. The van der Waals surface area contributed by atoms with Gasteiger partial charge in [-0.05, 0) is 0 Å². The van der Waals surface area contributed by atoms with Crippen molar-refractivity contribution in [3.8, 4) is 0 Å². The third kappa shape index (κ3) is 36.5. The number of carbonyl (C=O) groups is 1. The Morgan fingerprint density at radius 3 is 1.61 bits per heavy atom. The number of amides is 2. The van der Waals surface area contributed by atoms with Crippen LogP contribution >= 0.6 is 11.8 Å². The van der Waals surface area contributed by atoms with Gasteiger partial charge >= 0.3 is 19.3 Å². The molecule has 18 heavy (non-hydrogen) atoms. The van der Waals surface area contributed by atoms with E-state index < -0.39 is 13.3 Å². The van der Waals surface area contributed by atoms with E-state index in [1.165, 1.54) is 0 Å². The Bertz CT molecular complexity index is 248. The highest BCUT2D eigenvalue weighted by Crippen LogP contribution is 2.06. The van der Waals surface area contributed by atoms with Gasteiger partial charge in [-0.25, -0.2) is 14.7 Å². The summed E-state index contributed by atoms with van der Waals surface area (Å²) in [5.74, 6) is 0. The van der Waals surface area contributed by atoms with Crippen molar-refractivity contribution in [2.75, 3.05) is 28.3 Å². The molecule has 0 heterocycles. The van der Waals surface area contributed by atoms with Crippen molar-refractivity contribution in [3.63, 3.8) is 0 Å². The van der Waals surface area contributed by atoms with Crippen LogP contribution in [0.3, 0.4) is 0 Å². The van der Waals surface area contributed by atoms with Gasteiger partial charge in [0.15, 0.2) is 0 Å². The third-order valence-electron chi connectivity index (χ3n) is 0.907. The van der Waals surface area contributed by atoms with Crippen molar-refractivity contribution >= 4 is 31.1 Å². The number of ether oxygens (including phenoxy) is 1. The van der Waals surface area contributed by atoms with E-state index in [1.54, 1.807) is 11.9 Å². The SMILES string of the molecule is CNC(OC)=[N+](C)C.F[B-](F)(F)F.NC(=O)NCl. The van der Waals surface area contributed by atoms with E-state index in [0.29, 0.717) is 0 Å². The van der Waals surface area contributed by atoms with Gasteiger partial charge in [0, 0.05) is 11.8 Å². The highest BCUT2D eigenvalue weighted by Gasteiger charge is 2.20. The van der Waals surface area contributed by atoms with Crippen molar-refractivity contribution in [2.45, 2.75) is 0 Å². The van der Waals surface area contributed by atoms with Crippen LogP contribution in [0.1, 0.15) is 0 Å². The van der Waals surface area contributed by atoms with Crippen LogP contribution in [0.15, 0.2) is 0 Å². The molecule has 0 aromatic rings. The predicted molar refractivity (Wildman–Crippen MR) is 61.9 cm³/mol. The number of hydrogen-bond acceptors (Lipinski definition) is 2. The number of nitrogens with two attached hydrogens (primary N) is 1. The molecule has 0 aromatic carbocycles. The predicted octanol–water partition coefficient (Wildman–Crippen LogP) is 0.589. The van der Waals surface area contributed by atoms with Crippen LogP contribution in [0.2, 0.25) is 0 Å². The molecular weight excluding hydrogens is 282 g/mol. The fraction of sp³-hybridized carbons (Fsp3) is 0.667. The number of rotatable bonds is 0. The molecule has 0 saturated carbocycles. The van der Waals surface area contributed by atoms with Crippen LogP contribution in [0.4, 0.5) is 22.1 Å². The van der Waals surface area contributed by atoms with E-state index in [4.69, 9.17) is 4.74 Å². The first-order valence-corrected chi connectivity index (χ1v) is 4.66. The maximum absolute atomic E-state index is 9.75. The lowest BCUT2D eigenvalue weighted by Gasteiger charge is -1.97. The van der Waals surface area contributed by atoms with Gasteiger partial charge in [-0.15, -0.1) is 0 Å². The van der Waals surface area contributed by atoms with Gasteiger partial charge < -0.3 is 27.7 Å². The summed E-state index contributed by atoms with van der Waals surface area (Å²) in [6, 6.07) is 0.0386. The number of methoxy groups -OCH3 is 1. The molecule has 110 valence electrons. The second-order valence-corrected chi connectivity index (χ2v) is 2.80. The van der Waals surface area contributed by atoms with Crippen LogP contribution < -0.4 is 15.9 Å². The number of amidine groups is 1. The fourth-order valence-corrected chi connectivity index (χ4v) is 0.508. The van der Waals surface area contributed by atoms with Crippen LogP contribution in [-0.4, -0.2) is 52.1 Å². The monoisotopic (exact) mass is 298 g/mol. The molecule has 0 unspecified atom stereocenters. The topological polar surface area (TPSA) is 79.4 Å². The summed E-state index contributed by atoms with van der Waals surface area (Å²) < 4.78 is 45.8. The van der Waals surface area contributed by atoms with E-state index in [9.17, 15) is 22.1 Å². The van der Waals surface area contributed by atoms with Crippen molar-refractivity contribution < 1.29 is 31.4 Å². The third-order valence-corrected chi connectivity index (χ3v) is 1.09. The zero-order valence-electron chi connectivity index (χ0n) is 10.3. The number of urea groups is 1. The van der Waals surface area contributed by atoms with Gasteiger partial charge in [0.2, 0.25) is 0 Å². The fourth-order valence-electron chi connectivity index (χ4n) is 0.508. The average molecular weight is 298 g/mol. The molecule has 0 bridgehead atoms. The quantitative estimate of drug-likeness (QED) is 0.153. The molecule has 0 aliphatic rings. The first-order valence-electron chi connectivity index (χ1n) is 4.29. The Hall–Kier alpha value is -1.39. The average Bonchev–Trinajstić information content (AvgIpc) is 2.17. The first-order chi connectivity index (χ1) is 7.99. The second-order valence-electron chi connectivity index (χ2n) is 2.61. The van der Waals surface area contributed by atoms with E-state index >= 15 is 0 Å². The lowest BCUT2D eigenvalue weighted by Crippen LogP contribution is -2.28. The molecular formula is C6H16BClF4N4O2. The summed E-state index contributed by atoms with van der Waals surface area (Å²) in [6.07, 6.45) is 0. The van der Waals surface area contributed by atoms with Crippen LogP contribution in [-0.2, 0) is 4.74 Å². The molecule has 0 spiro atoms. The molecule has 0 saturated heterocycles. The van der Waals surface area contributed by atoms with E-state index in [0.717, 1.165) is 6.02 Å².